The lowest BCUT2D eigenvalue weighted by atomic mass is 10.1. The zero-order valence-corrected chi connectivity index (χ0v) is 16.4. The van der Waals surface area contributed by atoms with Crippen molar-refractivity contribution in [3.05, 3.63) is 65.4 Å². The lowest BCUT2D eigenvalue weighted by molar-refractivity contribution is -0.894. The zero-order chi connectivity index (χ0) is 19.0. The Labute approximate surface area is 160 Å². The molecule has 4 nitrogen and oxygen atoms in total. The third kappa shape index (κ3) is 3.62. The Morgan fingerprint density at radius 3 is 2.78 bits per heavy atom. The number of anilines is 1. The lowest BCUT2D eigenvalue weighted by Gasteiger charge is -2.38. The van der Waals surface area contributed by atoms with E-state index in [4.69, 9.17) is 0 Å². The van der Waals surface area contributed by atoms with E-state index in [0.29, 0.717) is 12.6 Å². The van der Waals surface area contributed by atoms with Gasteiger partial charge in [0.15, 0.2) is 0 Å². The lowest BCUT2D eigenvalue weighted by Crippen LogP contribution is -3.16. The monoisotopic (exact) mass is 362 g/mol. The molecule has 4 heteroatoms. The number of rotatable bonds is 4. The molecule has 2 heterocycles. The van der Waals surface area contributed by atoms with Gasteiger partial charge >= 0.3 is 0 Å². The number of H-pyrrole nitrogens is 1. The maximum Gasteiger partial charge on any atom is 0.219 e. The number of piperazine rings is 1. The standard InChI is InChI=1S/C23H27N3O/c1-16-5-4-6-19(11-16)26-10-9-25(14-18(26)3)15-23(27)21-13-24-22-8-7-17(2)12-20(21)22/h4-8,11-13,18,24H,9-10,14-15H2,1-3H3/p+1/t18-/m0/s1. The number of aromatic nitrogens is 1. The van der Waals surface area contributed by atoms with E-state index in [-0.39, 0.29) is 5.78 Å². The molecule has 0 aliphatic carbocycles. The Hall–Kier alpha value is -2.59. The Balaban J connectivity index is 1.45. The third-order valence-corrected chi connectivity index (χ3v) is 5.70. The van der Waals surface area contributed by atoms with Crippen LogP contribution in [0.5, 0.6) is 0 Å². The molecule has 0 amide bonds. The minimum atomic E-state index is 0.234. The van der Waals surface area contributed by atoms with Gasteiger partial charge in [-0.15, -0.1) is 0 Å². The molecule has 0 bridgehead atoms. The van der Waals surface area contributed by atoms with Crippen LogP contribution < -0.4 is 9.80 Å². The largest absolute Gasteiger partial charge is 0.360 e. The highest BCUT2D eigenvalue weighted by atomic mass is 16.1. The molecule has 4 rings (SSSR count). The molecule has 1 fully saturated rings. The number of hydrogen-bond acceptors (Lipinski definition) is 2. The van der Waals surface area contributed by atoms with Crippen LogP contribution in [-0.4, -0.2) is 43.0 Å². The molecule has 0 spiro atoms. The molecule has 3 aromatic rings. The van der Waals surface area contributed by atoms with E-state index in [1.807, 2.05) is 6.20 Å². The van der Waals surface area contributed by atoms with Gasteiger partial charge in [-0.05, 0) is 50.6 Å². The van der Waals surface area contributed by atoms with E-state index in [1.165, 1.54) is 21.7 Å². The van der Waals surface area contributed by atoms with Gasteiger partial charge in [0.25, 0.3) is 0 Å². The summed E-state index contributed by atoms with van der Waals surface area (Å²) >= 11 is 0. The van der Waals surface area contributed by atoms with Crippen LogP contribution in [0, 0.1) is 13.8 Å². The molecule has 2 N–H and O–H groups in total. The highest BCUT2D eigenvalue weighted by Gasteiger charge is 2.29. The highest BCUT2D eigenvalue weighted by molar-refractivity contribution is 6.08. The molecular weight excluding hydrogens is 334 g/mol. The predicted octanol–water partition coefficient (Wildman–Crippen LogP) is 2.76. The summed E-state index contributed by atoms with van der Waals surface area (Å²) in [5.74, 6) is 0.234. The van der Waals surface area contributed by atoms with Crippen molar-refractivity contribution >= 4 is 22.4 Å². The summed E-state index contributed by atoms with van der Waals surface area (Å²) in [6.45, 7) is 10.00. The average molecular weight is 362 g/mol. The van der Waals surface area contributed by atoms with E-state index in [1.54, 1.807) is 0 Å². The number of ketones is 1. The predicted molar refractivity (Wildman–Crippen MR) is 111 cm³/mol. The Morgan fingerprint density at radius 2 is 2.00 bits per heavy atom. The molecule has 1 aromatic heterocycles. The summed E-state index contributed by atoms with van der Waals surface area (Å²) in [6, 6.07) is 15.4. The maximum absolute atomic E-state index is 12.9. The first-order valence-electron chi connectivity index (χ1n) is 9.79. The van der Waals surface area contributed by atoms with Gasteiger partial charge in [0.05, 0.1) is 25.7 Å². The number of aryl methyl sites for hydroxylation is 2. The number of nitrogens with zero attached hydrogens (tertiary/aromatic N) is 1. The van der Waals surface area contributed by atoms with Crippen LogP contribution in [0.3, 0.4) is 0 Å². The van der Waals surface area contributed by atoms with Gasteiger partial charge in [0, 0.05) is 28.4 Å². The van der Waals surface area contributed by atoms with Gasteiger partial charge in [-0.1, -0.05) is 23.8 Å². The average Bonchev–Trinajstić information content (AvgIpc) is 3.05. The summed E-state index contributed by atoms with van der Waals surface area (Å²) < 4.78 is 0. The number of carbonyl (C=O) groups is 1. The Bertz CT molecular complexity index is 975. The van der Waals surface area contributed by atoms with Crippen molar-refractivity contribution in [1.29, 1.82) is 0 Å². The van der Waals surface area contributed by atoms with Crippen molar-refractivity contribution < 1.29 is 9.69 Å². The molecule has 1 aliphatic rings. The highest BCUT2D eigenvalue weighted by Crippen LogP contribution is 2.21. The first-order chi connectivity index (χ1) is 13.0. The smallest absolute Gasteiger partial charge is 0.219 e. The molecular formula is C23H28N3O+. The van der Waals surface area contributed by atoms with E-state index < -0.39 is 0 Å². The molecule has 0 saturated carbocycles. The fourth-order valence-corrected chi connectivity index (χ4v) is 4.27. The Kier molecular flexibility index (Phi) is 4.75. The topological polar surface area (TPSA) is 40.5 Å². The molecule has 2 atom stereocenters. The number of aromatic amines is 1. The third-order valence-electron chi connectivity index (χ3n) is 5.70. The fourth-order valence-electron chi connectivity index (χ4n) is 4.27. The SMILES string of the molecule is Cc1cccc(N2CC[NH+](CC(=O)c3c[nH]c4ccc(C)cc34)C[C@@H]2C)c1. The van der Waals surface area contributed by atoms with Crippen molar-refractivity contribution in [2.75, 3.05) is 31.1 Å². The zero-order valence-electron chi connectivity index (χ0n) is 16.4. The van der Waals surface area contributed by atoms with Gasteiger partial charge in [-0.2, -0.15) is 0 Å². The van der Waals surface area contributed by atoms with Crippen LogP contribution in [0.2, 0.25) is 0 Å². The molecule has 1 saturated heterocycles. The van der Waals surface area contributed by atoms with E-state index in [0.717, 1.165) is 36.1 Å². The first kappa shape index (κ1) is 17.8. The van der Waals surface area contributed by atoms with Gasteiger partial charge in [-0.25, -0.2) is 0 Å². The first-order valence-corrected chi connectivity index (χ1v) is 9.79. The molecule has 2 aromatic carbocycles. The van der Waals surface area contributed by atoms with E-state index in [9.17, 15) is 4.79 Å². The second-order valence-corrected chi connectivity index (χ2v) is 7.94. The minimum Gasteiger partial charge on any atom is -0.360 e. The van der Waals surface area contributed by atoms with Gasteiger partial charge in [0.1, 0.15) is 6.54 Å². The summed E-state index contributed by atoms with van der Waals surface area (Å²) in [5.41, 5.74) is 5.63. The van der Waals surface area contributed by atoms with Crippen molar-refractivity contribution in [2.24, 2.45) is 0 Å². The van der Waals surface area contributed by atoms with Crippen LogP contribution in [0.4, 0.5) is 5.69 Å². The van der Waals surface area contributed by atoms with Crippen LogP contribution in [0.1, 0.15) is 28.4 Å². The molecule has 27 heavy (non-hydrogen) atoms. The second-order valence-electron chi connectivity index (χ2n) is 7.94. The van der Waals surface area contributed by atoms with Gasteiger partial charge in [0.2, 0.25) is 5.78 Å². The summed E-state index contributed by atoms with van der Waals surface area (Å²) in [4.78, 5) is 20.0. The van der Waals surface area contributed by atoms with Gasteiger partial charge < -0.3 is 14.8 Å². The van der Waals surface area contributed by atoms with Crippen LogP contribution in [0.15, 0.2) is 48.7 Å². The minimum absolute atomic E-state index is 0.234. The number of Topliss-reactive ketones (excluding diaryl/α,β-unsaturated/α-hetero) is 1. The molecule has 1 unspecified atom stereocenters. The van der Waals surface area contributed by atoms with E-state index >= 15 is 0 Å². The van der Waals surface area contributed by atoms with Crippen molar-refractivity contribution in [2.45, 2.75) is 26.8 Å². The van der Waals surface area contributed by atoms with E-state index in [2.05, 4.69) is 73.1 Å². The van der Waals surface area contributed by atoms with Crippen LogP contribution in [-0.2, 0) is 0 Å². The Morgan fingerprint density at radius 1 is 1.19 bits per heavy atom. The summed E-state index contributed by atoms with van der Waals surface area (Å²) in [5, 5.41) is 1.05. The fraction of sp³-hybridized carbons (Fsp3) is 0.348. The summed E-state index contributed by atoms with van der Waals surface area (Å²) in [6.07, 6.45) is 1.87. The number of hydrogen-bond donors (Lipinski definition) is 2. The number of benzene rings is 2. The number of carbonyl (C=O) groups excluding carboxylic acids is 1. The molecule has 1 aliphatic heterocycles. The van der Waals surface area contributed by atoms with Crippen LogP contribution >= 0.6 is 0 Å². The summed E-state index contributed by atoms with van der Waals surface area (Å²) in [7, 11) is 0. The number of nitrogens with one attached hydrogen (secondary N) is 2. The molecule has 140 valence electrons. The molecule has 0 radical (unpaired) electrons. The van der Waals surface area contributed by atoms with Crippen molar-refractivity contribution in [1.82, 2.24) is 4.98 Å². The number of fused-ring (bicyclic) bond motifs is 1. The number of quaternary nitrogens is 1. The normalized spacial score (nSPS) is 20.2. The van der Waals surface area contributed by atoms with Crippen molar-refractivity contribution in [3.63, 3.8) is 0 Å². The second kappa shape index (κ2) is 7.20. The maximum atomic E-state index is 12.9. The van der Waals surface area contributed by atoms with Gasteiger partial charge in [-0.3, -0.25) is 4.79 Å². The quantitative estimate of drug-likeness (QED) is 0.701. The van der Waals surface area contributed by atoms with Crippen molar-refractivity contribution in [3.8, 4) is 0 Å². The van der Waals surface area contributed by atoms with Crippen LogP contribution in [0.25, 0.3) is 10.9 Å².